The minimum atomic E-state index is -4.00. The molecule has 0 saturated carbocycles. The molecular weight excluding hydrogens is 711 g/mol. The molecule has 9 nitrogen and oxygen atoms in total. The lowest BCUT2D eigenvalue weighted by Crippen LogP contribution is -2.54. The monoisotopic (exact) mass is 762 g/mol. The third kappa shape index (κ3) is 13.6. The van der Waals surface area contributed by atoms with E-state index in [9.17, 15) is 14.7 Å². The summed E-state index contributed by atoms with van der Waals surface area (Å²) in [6.45, 7) is 4.12. The van der Waals surface area contributed by atoms with Gasteiger partial charge in [-0.25, -0.2) is 4.79 Å². The van der Waals surface area contributed by atoms with Crippen LogP contribution in [0.15, 0.2) is 146 Å². The summed E-state index contributed by atoms with van der Waals surface area (Å²) in [4.78, 5) is 28.1. The van der Waals surface area contributed by atoms with Gasteiger partial charge in [0.05, 0.1) is 19.3 Å². The van der Waals surface area contributed by atoms with Gasteiger partial charge in [0.15, 0.2) is 0 Å². The number of esters is 1. The second kappa shape index (κ2) is 21.1. The van der Waals surface area contributed by atoms with Crippen molar-refractivity contribution in [1.29, 1.82) is 0 Å². The first-order valence-corrected chi connectivity index (χ1v) is 20.3. The molecule has 0 fully saturated rings. The Labute approximate surface area is 324 Å². The maximum absolute atomic E-state index is 15.2. The van der Waals surface area contributed by atoms with Crippen molar-refractivity contribution < 1.29 is 33.0 Å². The van der Waals surface area contributed by atoms with E-state index in [0.29, 0.717) is 19.3 Å². The van der Waals surface area contributed by atoms with Crippen molar-refractivity contribution in [2.24, 2.45) is 5.92 Å². The summed E-state index contributed by atoms with van der Waals surface area (Å²) in [5.74, 6) is -1.80. The quantitative estimate of drug-likeness (QED) is 0.0501. The Morgan fingerprint density at radius 3 is 1.58 bits per heavy atom. The summed E-state index contributed by atoms with van der Waals surface area (Å²) in [5.41, 5.74) is 4.23. The Morgan fingerprint density at radius 1 is 0.618 bits per heavy atom. The Kier molecular flexibility index (Phi) is 15.8. The van der Waals surface area contributed by atoms with Crippen LogP contribution in [0.5, 0.6) is 5.75 Å². The van der Waals surface area contributed by atoms with Crippen LogP contribution in [0.2, 0.25) is 0 Å². The lowest BCUT2D eigenvalue weighted by Gasteiger charge is -2.32. The minimum absolute atomic E-state index is 0.0392. The van der Waals surface area contributed by atoms with Crippen molar-refractivity contribution in [3.63, 3.8) is 0 Å². The van der Waals surface area contributed by atoms with Gasteiger partial charge >= 0.3 is 13.6 Å². The zero-order valence-corrected chi connectivity index (χ0v) is 32.4. The number of rotatable bonds is 21. The number of hydrogen-bond acceptors (Lipinski definition) is 8. The first-order chi connectivity index (χ1) is 26.7. The van der Waals surface area contributed by atoms with Gasteiger partial charge in [-0.1, -0.05) is 147 Å². The Morgan fingerprint density at radius 2 is 1.09 bits per heavy atom. The normalized spacial score (nSPS) is 13.1. The van der Waals surface area contributed by atoms with E-state index >= 15 is 4.57 Å². The molecule has 0 bridgehead atoms. The number of benzene rings is 5. The van der Waals surface area contributed by atoms with Crippen molar-refractivity contribution in [2.75, 3.05) is 0 Å². The average Bonchev–Trinajstić information content (AvgIpc) is 3.21. The predicted molar refractivity (Wildman–Crippen MR) is 215 cm³/mol. The summed E-state index contributed by atoms with van der Waals surface area (Å²) in [7, 11) is -4.00. The van der Waals surface area contributed by atoms with Crippen LogP contribution in [0.4, 0.5) is 0 Å². The van der Waals surface area contributed by atoms with Gasteiger partial charge in [0, 0.05) is 6.42 Å². The van der Waals surface area contributed by atoms with E-state index in [2.05, 4.69) is 10.6 Å². The number of amides is 1. The van der Waals surface area contributed by atoms with Crippen LogP contribution in [0, 0.1) is 5.92 Å². The number of aromatic hydroxyl groups is 1. The highest BCUT2D eigenvalue weighted by Crippen LogP contribution is 2.55. The van der Waals surface area contributed by atoms with Gasteiger partial charge in [-0.2, -0.15) is 0 Å². The first kappa shape index (κ1) is 41.1. The van der Waals surface area contributed by atoms with Crippen molar-refractivity contribution in [1.82, 2.24) is 10.6 Å². The molecule has 3 N–H and O–H groups in total. The van der Waals surface area contributed by atoms with Gasteiger partial charge in [-0.05, 0) is 65.1 Å². The highest BCUT2D eigenvalue weighted by molar-refractivity contribution is 7.54. The number of carbonyl (C=O) groups is 2. The van der Waals surface area contributed by atoms with E-state index in [0.717, 1.165) is 27.8 Å². The van der Waals surface area contributed by atoms with Crippen molar-refractivity contribution in [2.45, 2.75) is 77.2 Å². The van der Waals surface area contributed by atoms with Gasteiger partial charge in [-0.3, -0.25) is 14.7 Å². The van der Waals surface area contributed by atoms with Crippen LogP contribution in [0.1, 0.15) is 54.5 Å². The molecule has 5 rings (SSSR count). The summed E-state index contributed by atoms with van der Waals surface area (Å²) in [6, 6.07) is 42.7. The highest BCUT2D eigenvalue weighted by Gasteiger charge is 2.40. The average molecular weight is 763 g/mol. The molecule has 10 heteroatoms. The van der Waals surface area contributed by atoms with E-state index in [-0.39, 0.29) is 37.9 Å². The van der Waals surface area contributed by atoms with Gasteiger partial charge in [-0.15, -0.1) is 0 Å². The van der Waals surface area contributed by atoms with Gasteiger partial charge in [0.1, 0.15) is 24.2 Å². The van der Waals surface area contributed by atoms with Gasteiger partial charge in [0.25, 0.3) is 0 Å². The topological polar surface area (TPSA) is 123 Å². The number of hydrogen-bond donors (Lipinski definition) is 3. The Balaban J connectivity index is 1.43. The number of phenolic OH excluding ortho intramolecular Hbond substituents is 1. The maximum Gasteiger partial charge on any atom is 0.348 e. The third-order valence-electron chi connectivity index (χ3n) is 9.06. The molecule has 0 saturated heterocycles. The molecule has 5 aromatic carbocycles. The van der Waals surface area contributed by atoms with Crippen molar-refractivity contribution in [3.05, 3.63) is 173 Å². The summed E-state index contributed by atoms with van der Waals surface area (Å²) < 4.78 is 33.5. The molecule has 0 spiro atoms. The van der Waals surface area contributed by atoms with E-state index in [1.165, 1.54) is 12.1 Å². The van der Waals surface area contributed by atoms with Gasteiger partial charge in [0.2, 0.25) is 5.91 Å². The largest absolute Gasteiger partial charge is 0.508 e. The molecule has 0 heterocycles. The van der Waals surface area contributed by atoms with Crippen LogP contribution in [0.3, 0.4) is 0 Å². The van der Waals surface area contributed by atoms with E-state index in [4.69, 9.17) is 13.8 Å². The maximum atomic E-state index is 15.2. The molecule has 1 unspecified atom stereocenters. The lowest BCUT2D eigenvalue weighted by molar-refractivity contribution is -0.149. The smallest absolute Gasteiger partial charge is 0.348 e. The second-order valence-electron chi connectivity index (χ2n) is 14.0. The molecule has 1 amide bonds. The number of ether oxygens (including phenoxy) is 1. The number of aryl methyl sites for hydroxylation is 1. The molecular formula is C45H51N2O7P. The fraction of sp³-hybridized carbons (Fsp3) is 0.289. The molecule has 5 aromatic rings. The van der Waals surface area contributed by atoms with Crippen LogP contribution in [-0.2, 0) is 60.6 Å². The van der Waals surface area contributed by atoms with Crippen LogP contribution < -0.4 is 10.6 Å². The molecule has 3 atom stereocenters. The molecule has 0 aliphatic heterocycles. The number of nitrogens with one attached hydrogen (secondary N) is 2. The fourth-order valence-electron chi connectivity index (χ4n) is 6.09. The summed E-state index contributed by atoms with van der Waals surface area (Å²) in [5, 5.41) is 16.3. The van der Waals surface area contributed by atoms with E-state index in [1.807, 2.05) is 135 Å². The van der Waals surface area contributed by atoms with E-state index < -0.39 is 37.3 Å². The van der Waals surface area contributed by atoms with Crippen molar-refractivity contribution >= 4 is 19.5 Å². The van der Waals surface area contributed by atoms with Crippen LogP contribution in [-0.4, -0.2) is 34.8 Å². The zero-order chi connectivity index (χ0) is 38.9. The SMILES string of the molecule is CC(C)C[C@H](NC(CCc1ccccc1)P(=O)(OCc1ccccc1)OCc1ccccc1)C(=O)N[C@@H](Cc1ccc(O)cc1)C(=O)OCc1ccccc1. The van der Waals surface area contributed by atoms with Crippen molar-refractivity contribution in [3.8, 4) is 5.75 Å². The summed E-state index contributed by atoms with van der Waals surface area (Å²) >= 11 is 0. The molecule has 0 aliphatic carbocycles. The lowest BCUT2D eigenvalue weighted by atomic mass is 10.0. The minimum Gasteiger partial charge on any atom is -0.508 e. The third-order valence-corrected chi connectivity index (χ3v) is 11.2. The first-order valence-electron chi connectivity index (χ1n) is 18.7. The molecule has 288 valence electrons. The Hall–Kier alpha value is -5.05. The highest BCUT2D eigenvalue weighted by atomic mass is 31.2. The molecule has 0 aromatic heterocycles. The molecule has 0 radical (unpaired) electrons. The fourth-order valence-corrected chi connectivity index (χ4v) is 7.99. The zero-order valence-electron chi connectivity index (χ0n) is 31.5. The molecule has 0 aliphatic rings. The van der Waals surface area contributed by atoms with E-state index in [1.54, 1.807) is 12.1 Å². The Bertz CT molecular complexity index is 1880. The van der Waals surface area contributed by atoms with Crippen LogP contribution in [0.25, 0.3) is 0 Å². The number of phenols is 1. The standard InChI is InChI=1S/C45H51N2O7P/c1-34(2)29-41(44(49)47-42(30-36-23-26-40(48)27-24-36)45(50)52-31-37-17-9-4-10-18-37)46-43(28-25-35-15-7-3-8-16-35)55(51,53-32-38-19-11-5-12-20-38)54-33-39-21-13-6-14-22-39/h3-24,26-27,34,41-43,46,48H,25,28-33H2,1-2H3,(H,47,49)/t41-,42-,43?/m0/s1. The van der Waals surface area contributed by atoms with Gasteiger partial charge < -0.3 is 24.2 Å². The van der Waals surface area contributed by atoms with Crippen LogP contribution >= 0.6 is 7.60 Å². The second-order valence-corrected chi connectivity index (χ2v) is 16.2. The summed E-state index contributed by atoms with van der Waals surface area (Å²) in [6.07, 6.45) is 1.38. The number of carbonyl (C=O) groups excluding carboxylic acids is 2. The molecule has 55 heavy (non-hydrogen) atoms. The predicted octanol–water partition coefficient (Wildman–Crippen LogP) is 8.75.